The zero-order chi connectivity index (χ0) is 16.1. The number of esters is 2. The minimum Gasteiger partial charge on any atom is -0.464 e. The van der Waals surface area contributed by atoms with Gasteiger partial charge >= 0.3 is 11.9 Å². The molecule has 7 heteroatoms. The van der Waals surface area contributed by atoms with Crippen LogP contribution in [-0.4, -0.2) is 52.4 Å². The average molecular weight is 310 g/mol. The summed E-state index contributed by atoms with van der Waals surface area (Å²) < 4.78 is 10.2. The van der Waals surface area contributed by atoms with Gasteiger partial charge in [-0.1, -0.05) is 13.8 Å². The molecule has 1 unspecified atom stereocenters. The van der Waals surface area contributed by atoms with Crippen LogP contribution >= 0.6 is 0 Å². The SMILES string of the molecule is C[C@@H]1[C@H]2C[C@]3([C@H](C)C(=O)C[C@]3(O)C13COC3=O)[C@@H](O)C(=O)O2. The average Bonchev–Trinajstić information content (AvgIpc) is 2.64. The van der Waals surface area contributed by atoms with Gasteiger partial charge in [-0.05, 0) is 6.42 Å². The van der Waals surface area contributed by atoms with Gasteiger partial charge in [0.25, 0.3) is 0 Å². The number of aliphatic hydroxyl groups is 2. The third kappa shape index (κ3) is 1.08. The normalized spacial score (nSPS) is 56.3. The topological polar surface area (TPSA) is 110 Å². The second kappa shape index (κ2) is 3.71. The highest BCUT2D eigenvalue weighted by atomic mass is 16.6. The molecular formula is C15H18O7. The molecule has 2 saturated carbocycles. The summed E-state index contributed by atoms with van der Waals surface area (Å²) in [5.41, 5.74) is -4.45. The van der Waals surface area contributed by atoms with Crippen LogP contribution in [0.4, 0.5) is 0 Å². The van der Waals surface area contributed by atoms with E-state index in [4.69, 9.17) is 9.47 Å². The van der Waals surface area contributed by atoms with Crippen LogP contribution in [0, 0.1) is 22.7 Å². The molecule has 0 radical (unpaired) electrons. The Bertz CT molecular complexity index is 615. The Morgan fingerprint density at radius 1 is 1.23 bits per heavy atom. The van der Waals surface area contributed by atoms with E-state index in [0.717, 1.165) is 0 Å². The molecule has 0 amide bonds. The van der Waals surface area contributed by atoms with Crippen molar-refractivity contribution in [1.29, 1.82) is 0 Å². The Morgan fingerprint density at radius 3 is 2.45 bits per heavy atom. The predicted molar refractivity (Wildman–Crippen MR) is 69.2 cm³/mol. The largest absolute Gasteiger partial charge is 0.464 e. The van der Waals surface area contributed by atoms with Crippen molar-refractivity contribution in [1.82, 2.24) is 0 Å². The van der Waals surface area contributed by atoms with Crippen molar-refractivity contribution < 1.29 is 34.1 Å². The summed E-state index contributed by atoms with van der Waals surface area (Å²) in [5, 5.41) is 22.0. The van der Waals surface area contributed by atoms with Crippen LogP contribution in [0.1, 0.15) is 26.7 Å². The van der Waals surface area contributed by atoms with Crippen molar-refractivity contribution in [2.75, 3.05) is 6.61 Å². The zero-order valence-corrected chi connectivity index (χ0v) is 12.4. The highest BCUT2D eigenvalue weighted by molar-refractivity contribution is 5.94. The maximum absolute atomic E-state index is 12.4. The quantitative estimate of drug-likeness (QED) is 0.563. The van der Waals surface area contributed by atoms with Crippen LogP contribution in [0.2, 0.25) is 0 Å². The van der Waals surface area contributed by atoms with Crippen molar-refractivity contribution in [2.45, 2.75) is 44.5 Å². The van der Waals surface area contributed by atoms with Gasteiger partial charge in [0.2, 0.25) is 0 Å². The Kier molecular flexibility index (Phi) is 2.38. The molecule has 2 spiro atoms. The molecule has 7 atom stereocenters. The Balaban J connectivity index is 2.00. The summed E-state index contributed by atoms with van der Waals surface area (Å²) >= 11 is 0. The smallest absolute Gasteiger partial charge is 0.335 e. The number of ketones is 1. The number of aliphatic hydroxyl groups excluding tert-OH is 1. The van der Waals surface area contributed by atoms with Gasteiger partial charge in [0.1, 0.15) is 29.5 Å². The van der Waals surface area contributed by atoms with E-state index in [0.29, 0.717) is 0 Å². The third-order valence-electron chi connectivity index (χ3n) is 6.84. The second-order valence-electron chi connectivity index (χ2n) is 7.18. The van der Waals surface area contributed by atoms with Crippen molar-refractivity contribution in [3.05, 3.63) is 0 Å². The maximum atomic E-state index is 12.4. The first-order chi connectivity index (χ1) is 10.2. The summed E-state index contributed by atoms with van der Waals surface area (Å²) in [5.74, 6) is -2.85. The molecule has 0 aromatic rings. The van der Waals surface area contributed by atoms with E-state index >= 15 is 0 Å². The highest BCUT2D eigenvalue weighted by Gasteiger charge is 2.84. The molecular weight excluding hydrogens is 292 g/mol. The van der Waals surface area contributed by atoms with Crippen LogP contribution in [-0.2, 0) is 23.9 Å². The van der Waals surface area contributed by atoms with Crippen LogP contribution in [0.3, 0.4) is 0 Å². The van der Waals surface area contributed by atoms with E-state index in [9.17, 15) is 24.6 Å². The molecule has 7 nitrogen and oxygen atoms in total. The number of Topliss-reactive ketones (excluding diaryl/α,β-unsaturated/α-hetero) is 1. The Hall–Kier alpha value is -1.47. The van der Waals surface area contributed by atoms with E-state index in [1.54, 1.807) is 13.8 Å². The summed E-state index contributed by atoms with van der Waals surface area (Å²) in [4.78, 5) is 36.7. The van der Waals surface area contributed by atoms with Gasteiger partial charge in [-0.15, -0.1) is 0 Å². The molecule has 2 N–H and O–H groups in total. The van der Waals surface area contributed by atoms with Crippen molar-refractivity contribution >= 4 is 17.7 Å². The molecule has 4 fully saturated rings. The minimum absolute atomic E-state index is 0.0218. The van der Waals surface area contributed by atoms with Crippen molar-refractivity contribution in [3.63, 3.8) is 0 Å². The van der Waals surface area contributed by atoms with Crippen LogP contribution < -0.4 is 0 Å². The van der Waals surface area contributed by atoms with Gasteiger partial charge in [0.05, 0.1) is 5.41 Å². The third-order valence-corrected chi connectivity index (χ3v) is 6.84. The minimum atomic E-state index is -1.78. The number of carbonyl (C=O) groups is 3. The van der Waals surface area contributed by atoms with Crippen LogP contribution in [0.15, 0.2) is 0 Å². The summed E-state index contributed by atoms with van der Waals surface area (Å²) in [6, 6.07) is 0. The molecule has 2 bridgehead atoms. The monoisotopic (exact) mass is 310 g/mol. The molecule has 0 aromatic carbocycles. The first kappa shape index (κ1) is 14.1. The van der Waals surface area contributed by atoms with Gasteiger partial charge < -0.3 is 19.7 Å². The molecule has 4 rings (SSSR count). The van der Waals surface area contributed by atoms with Crippen LogP contribution in [0.25, 0.3) is 0 Å². The molecule has 2 aliphatic carbocycles. The fourth-order valence-electron chi connectivity index (χ4n) is 5.37. The van der Waals surface area contributed by atoms with Crippen LogP contribution in [0.5, 0.6) is 0 Å². The molecule has 2 saturated heterocycles. The van der Waals surface area contributed by atoms with E-state index in [-0.39, 0.29) is 25.2 Å². The number of fused-ring (bicyclic) bond motifs is 2. The molecule has 2 aliphatic heterocycles. The predicted octanol–water partition coefficient (Wildman–Crippen LogP) is -0.818. The number of hydrogen-bond acceptors (Lipinski definition) is 7. The highest BCUT2D eigenvalue weighted by Crippen LogP contribution is 2.70. The maximum Gasteiger partial charge on any atom is 0.335 e. The lowest BCUT2D eigenvalue weighted by Crippen LogP contribution is -2.80. The van der Waals surface area contributed by atoms with Gasteiger partial charge in [-0.25, -0.2) is 4.79 Å². The van der Waals surface area contributed by atoms with Gasteiger partial charge in [-0.2, -0.15) is 0 Å². The Labute approximate surface area is 126 Å². The standard InChI is InChI=1S/C15H18O7/c1-6-8(16)3-15(20)13(6)4-9(22-11(18)10(13)17)7(2)14(15)5-21-12(14)19/h6-7,9-10,17,20H,3-5H2,1-2H3/t6-,7-,9-,10+,13+,14?,15-/m1/s1. The molecule has 22 heavy (non-hydrogen) atoms. The lowest BCUT2D eigenvalue weighted by molar-refractivity contribution is -0.321. The van der Waals surface area contributed by atoms with E-state index < -0.39 is 52.4 Å². The zero-order valence-electron chi connectivity index (χ0n) is 12.4. The Morgan fingerprint density at radius 2 is 1.91 bits per heavy atom. The second-order valence-corrected chi connectivity index (χ2v) is 7.18. The van der Waals surface area contributed by atoms with Gasteiger partial charge in [-0.3, -0.25) is 9.59 Å². The number of rotatable bonds is 0. The first-order valence-corrected chi connectivity index (χ1v) is 7.53. The fraction of sp³-hybridized carbons (Fsp3) is 0.800. The number of cyclic esters (lactones) is 1. The number of hydrogen-bond donors (Lipinski definition) is 2. The summed E-state index contributed by atoms with van der Waals surface area (Å²) in [6.45, 7) is 3.31. The van der Waals surface area contributed by atoms with E-state index in [1.165, 1.54) is 0 Å². The van der Waals surface area contributed by atoms with Crippen molar-refractivity contribution in [3.8, 4) is 0 Å². The summed E-state index contributed by atoms with van der Waals surface area (Å²) in [6.07, 6.45) is -2.30. The van der Waals surface area contributed by atoms with Crippen molar-refractivity contribution in [2.24, 2.45) is 22.7 Å². The number of ether oxygens (including phenoxy) is 2. The van der Waals surface area contributed by atoms with E-state index in [1.807, 2.05) is 0 Å². The molecule has 2 heterocycles. The van der Waals surface area contributed by atoms with E-state index in [2.05, 4.69) is 0 Å². The lowest BCUT2D eigenvalue weighted by Gasteiger charge is -2.66. The van der Waals surface area contributed by atoms with Gasteiger partial charge in [0.15, 0.2) is 6.10 Å². The molecule has 4 aliphatic rings. The number of carbonyl (C=O) groups excluding carboxylic acids is 3. The molecule has 0 aromatic heterocycles. The molecule has 120 valence electrons. The van der Waals surface area contributed by atoms with Gasteiger partial charge in [0, 0.05) is 18.3 Å². The lowest BCUT2D eigenvalue weighted by atomic mass is 9.44. The fourth-order valence-corrected chi connectivity index (χ4v) is 5.37. The summed E-state index contributed by atoms with van der Waals surface area (Å²) in [7, 11) is 0. The first-order valence-electron chi connectivity index (χ1n) is 7.53.